The van der Waals surface area contributed by atoms with Gasteiger partial charge in [0.1, 0.15) is 11.6 Å². The van der Waals surface area contributed by atoms with Gasteiger partial charge in [0, 0.05) is 18.3 Å². The highest BCUT2D eigenvalue weighted by molar-refractivity contribution is 5.77. The van der Waals surface area contributed by atoms with Crippen LogP contribution in [0.25, 0.3) is 16.8 Å². The van der Waals surface area contributed by atoms with Gasteiger partial charge < -0.3 is 5.32 Å². The van der Waals surface area contributed by atoms with Gasteiger partial charge in [-0.15, -0.1) is 0 Å². The van der Waals surface area contributed by atoms with Crippen LogP contribution in [0.15, 0.2) is 42.7 Å². The molecule has 0 bridgehead atoms. The Hall–Kier alpha value is -2.43. The number of nitrogens with one attached hydrogen (secondary N) is 1. The van der Waals surface area contributed by atoms with Crippen LogP contribution in [0.2, 0.25) is 0 Å². The predicted molar refractivity (Wildman–Crippen MR) is 72.5 cm³/mol. The van der Waals surface area contributed by atoms with E-state index in [0.717, 1.165) is 29.1 Å². The van der Waals surface area contributed by atoms with E-state index in [0.29, 0.717) is 0 Å². The monoisotopic (exact) mass is 256 g/mol. The third-order valence-electron chi connectivity index (χ3n) is 2.88. The van der Waals surface area contributed by atoms with Crippen molar-refractivity contribution in [2.75, 3.05) is 11.9 Å². The molecule has 0 unspecified atom stereocenters. The van der Waals surface area contributed by atoms with E-state index in [4.69, 9.17) is 0 Å². The maximum atomic E-state index is 13.0. The van der Waals surface area contributed by atoms with E-state index in [2.05, 4.69) is 15.4 Å². The summed E-state index contributed by atoms with van der Waals surface area (Å²) in [5, 5.41) is 7.42. The molecule has 0 amide bonds. The van der Waals surface area contributed by atoms with Gasteiger partial charge in [0.15, 0.2) is 5.65 Å². The highest BCUT2D eigenvalue weighted by Gasteiger charge is 2.08. The van der Waals surface area contributed by atoms with Crippen LogP contribution in [0.3, 0.4) is 0 Å². The van der Waals surface area contributed by atoms with Gasteiger partial charge in [-0.2, -0.15) is 5.10 Å². The standard InChI is InChI=1S/C14H13FN4/c1-2-16-13-7-8-19-14(18-13)12(9-17-19)10-3-5-11(15)6-4-10/h3-9H,2H2,1H3,(H,16,18). The lowest BCUT2D eigenvalue weighted by Crippen LogP contribution is -2.01. The van der Waals surface area contributed by atoms with Crippen molar-refractivity contribution in [2.24, 2.45) is 0 Å². The smallest absolute Gasteiger partial charge is 0.165 e. The van der Waals surface area contributed by atoms with Crippen LogP contribution >= 0.6 is 0 Å². The van der Waals surface area contributed by atoms with E-state index >= 15 is 0 Å². The van der Waals surface area contributed by atoms with Gasteiger partial charge in [0.05, 0.1) is 6.20 Å². The van der Waals surface area contributed by atoms with Crippen LogP contribution in [-0.4, -0.2) is 21.1 Å². The largest absolute Gasteiger partial charge is 0.370 e. The second kappa shape index (κ2) is 4.68. The lowest BCUT2D eigenvalue weighted by molar-refractivity contribution is 0.628. The summed E-state index contributed by atoms with van der Waals surface area (Å²) in [6.07, 6.45) is 3.60. The van der Waals surface area contributed by atoms with Crippen molar-refractivity contribution in [3.63, 3.8) is 0 Å². The number of halogens is 1. The van der Waals surface area contributed by atoms with Crippen molar-refractivity contribution in [1.82, 2.24) is 14.6 Å². The van der Waals surface area contributed by atoms with Gasteiger partial charge in [0.25, 0.3) is 0 Å². The molecular formula is C14H13FN4. The first-order chi connectivity index (χ1) is 9.28. The fourth-order valence-electron chi connectivity index (χ4n) is 1.98. The molecule has 0 aliphatic rings. The van der Waals surface area contributed by atoms with E-state index in [1.165, 1.54) is 12.1 Å². The number of nitrogens with zero attached hydrogens (tertiary/aromatic N) is 3. The van der Waals surface area contributed by atoms with Crippen LogP contribution in [0.4, 0.5) is 10.2 Å². The summed E-state index contributed by atoms with van der Waals surface area (Å²) in [6, 6.07) is 8.21. The number of rotatable bonds is 3. The Balaban J connectivity index is 2.12. The van der Waals surface area contributed by atoms with Crippen molar-refractivity contribution in [3.05, 3.63) is 48.5 Å². The summed E-state index contributed by atoms with van der Waals surface area (Å²) in [7, 11) is 0. The second-order valence-corrected chi connectivity index (χ2v) is 4.18. The van der Waals surface area contributed by atoms with Crippen molar-refractivity contribution in [2.45, 2.75) is 6.92 Å². The van der Waals surface area contributed by atoms with Crippen LogP contribution in [0.5, 0.6) is 0 Å². The molecule has 3 rings (SSSR count). The van der Waals surface area contributed by atoms with E-state index in [1.807, 2.05) is 19.2 Å². The molecular weight excluding hydrogens is 243 g/mol. The minimum absolute atomic E-state index is 0.249. The predicted octanol–water partition coefficient (Wildman–Crippen LogP) is 2.97. The summed E-state index contributed by atoms with van der Waals surface area (Å²) in [5.41, 5.74) is 2.54. The van der Waals surface area contributed by atoms with Gasteiger partial charge in [-0.25, -0.2) is 13.9 Å². The van der Waals surface area contributed by atoms with Crippen LogP contribution in [-0.2, 0) is 0 Å². The average molecular weight is 256 g/mol. The molecule has 0 saturated carbocycles. The normalized spacial score (nSPS) is 10.8. The summed E-state index contributed by atoms with van der Waals surface area (Å²) < 4.78 is 14.7. The number of anilines is 1. The van der Waals surface area contributed by atoms with E-state index in [9.17, 15) is 4.39 Å². The molecule has 3 aromatic rings. The Morgan fingerprint density at radius 2 is 2.00 bits per heavy atom. The minimum atomic E-state index is -0.249. The zero-order valence-corrected chi connectivity index (χ0v) is 10.5. The zero-order chi connectivity index (χ0) is 13.2. The fraction of sp³-hybridized carbons (Fsp3) is 0.143. The highest BCUT2D eigenvalue weighted by atomic mass is 19.1. The quantitative estimate of drug-likeness (QED) is 0.783. The summed E-state index contributed by atoms with van der Waals surface area (Å²) >= 11 is 0. The summed E-state index contributed by atoms with van der Waals surface area (Å²) in [6.45, 7) is 2.83. The Labute approximate surface area is 109 Å². The van der Waals surface area contributed by atoms with Gasteiger partial charge >= 0.3 is 0 Å². The maximum absolute atomic E-state index is 13.0. The SMILES string of the molecule is CCNc1ccn2ncc(-c3ccc(F)cc3)c2n1. The van der Waals surface area contributed by atoms with E-state index in [1.54, 1.807) is 22.8 Å². The molecule has 1 N–H and O–H groups in total. The molecule has 1 aromatic carbocycles. The highest BCUT2D eigenvalue weighted by Crippen LogP contribution is 2.24. The summed E-state index contributed by atoms with van der Waals surface area (Å²) in [4.78, 5) is 4.52. The van der Waals surface area contributed by atoms with Crippen molar-refractivity contribution < 1.29 is 4.39 Å². The lowest BCUT2D eigenvalue weighted by Gasteiger charge is -2.03. The number of hydrogen-bond donors (Lipinski definition) is 1. The number of benzene rings is 1. The van der Waals surface area contributed by atoms with Gasteiger partial charge in [-0.1, -0.05) is 12.1 Å². The average Bonchev–Trinajstić information content (AvgIpc) is 2.83. The molecule has 5 heteroatoms. The minimum Gasteiger partial charge on any atom is -0.370 e. The maximum Gasteiger partial charge on any atom is 0.165 e. The van der Waals surface area contributed by atoms with Gasteiger partial charge in [0.2, 0.25) is 0 Å². The first-order valence-electron chi connectivity index (χ1n) is 6.12. The van der Waals surface area contributed by atoms with Crippen molar-refractivity contribution in [1.29, 1.82) is 0 Å². The van der Waals surface area contributed by atoms with Gasteiger partial charge in [-0.3, -0.25) is 0 Å². The molecule has 2 aromatic heterocycles. The van der Waals surface area contributed by atoms with Crippen LogP contribution in [0.1, 0.15) is 6.92 Å². The molecule has 0 fully saturated rings. The molecule has 0 aliphatic carbocycles. The molecule has 19 heavy (non-hydrogen) atoms. The molecule has 4 nitrogen and oxygen atoms in total. The topological polar surface area (TPSA) is 42.2 Å². The Bertz CT molecular complexity index is 703. The zero-order valence-electron chi connectivity index (χ0n) is 10.5. The van der Waals surface area contributed by atoms with Crippen molar-refractivity contribution >= 4 is 11.5 Å². The number of aromatic nitrogens is 3. The van der Waals surface area contributed by atoms with Crippen LogP contribution < -0.4 is 5.32 Å². The molecule has 0 saturated heterocycles. The first-order valence-corrected chi connectivity index (χ1v) is 6.12. The Kier molecular flexibility index (Phi) is 2.87. The molecule has 96 valence electrons. The Morgan fingerprint density at radius 1 is 1.21 bits per heavy atom. The summed E-state index contributed by atoms with van der Waals surface area (Å²) in [5.74, 6) is 0.556. The fourth-order valence-corrected chi connectivity index (χ4v) is 1.98. The third kappa shape index (κ3) is 2.14. The number of fused-ring (bicyclic) bond motifs is 1. The molecule has 0 spiro atoms. The molecule has 2 heterocycles. The molecule has 0 aliphatic heterocycles. The second-order valence-electron chi connectivity index (χ2n) is 4.18. The van der Waals surface area contributed by atoms with E-state index in [-0.39, 0.29) is 5.82 Å². The lowest BCUT2D eigenvalue weighted by atomic mass is 10.1. The van der Waals surface area contributed by atoms with Gasteiger partial charge in [-0.05, 0) is 30.7 Å². The van der Waals surface area contributed by atoms with Crippen molar-refractivity contribution in [3.8, 4) is 11.1 Å². The first kappa shape index (κ1) is 11.6. The molecule has 0 atom stereocenters. The Morgan fingerprint density at radius 3 is 2.74 bits per heavy atom. The van der Waals surface area contributed by atoms with Crippen LogP contribution in [0, 0.1) is 5.82 Å². The van der Waals surface area contributed by atoms with E-state index < -0.39 is 0 Å². The number of hydrogen-bond acceptors (Lipinski definition) is 3. The third-order valence-corrected chi connectivity index (χ3v) is 2.88. The molecule has 0 radical (unpaired) electrons.